The molecule has 0 unspecified atom stereocenters. The van der Waals surface area contributed by atoms with Crippen molar-refractivity contribution in [2.24, 2.45) is 5.73 Å². The standard InChI is InChI=1S/C10H18N2O7/c11-6-10(3-7(14)15,4-8(16)17)12-5-9(18)19-2-1-13/h12-13H,1-6,11H2,(H,14,15)(H,16,17). The molecule has 0 aromatic rings. The number of nitrogens with one attached hydrogen (secondary N) is 1. The number of esters is 1. The first-order chi connectivity index (χ1) is 8.85. The largest absolute Gasteiger partial charge is 0.481 e. The number of rotatable bonds is 10. The molecule has 0 aromatic heterocycles. The zero-order valence-electron chi connectivity index (χ0n) is 10.3. The molecule has 0 heterocycles. The minimum atomic E-state index is -1.42. The number of carbonyl (C=O) groups excluding carboxylic acids is 1. The number of carbonyl (C=O) groups is 3. The van der Waals surface area contributed by atoms with E-state index < -0.39 is 42.8 Å². The van der Waals surface area contributed by atoms with Crippen LogP contribution in [0.25, 0.3) is 0 Å². The molecule has 0 radical (unpaired) electrons. The molecule has 0 saturated heterocycles. The van der Waals surface area contributed by atoms with E-state index in [9.17, 15) is 14.4 Å². The van der Waals surface area contributed by atoms with Gasteiger partial charge in [0, 0.05) is 6.54 Å². The summed E-state index contributed by atoms with van der Waals surface area (Å²) in [5, 5.41) is 28.5. The Bertz CT molecular complexity index is 316. The molecule has 0 bridgehead atoms. The van der Waals surface area contributed by atoms with Gasteiger partial charge in [0.1, 0.15) is 6.61 Å². The smallest absolute Gasteiger partial charge is 0.320 e. The maximum Gasteiger partial charge on any atom is 0.320 e. The molecule has 0 fully saturated rings. The zero-order chi connectivity index (χ0) is 14.9. The second kappa shape index (κ2) is 8.40. The van der Waals surface area contributed by atoms with Crippen LogP contribution in [0, 0.1) is 0 Å². The van der Waals surface area contributed by atoms with E-state index >= 15 is 0 Å². The Morgan fingerprint density at radius 3 is 2.05 bits per heavy atom. The van der Waals surface area contributed by atoms with Gasteiger partial charge >= 0.3 is 17.9 Å². The summed E-state index contributed by atoms with van der Waals surface area (Å²) < 4.78 is 4.55. The Kier molecular flexibility index (Phi) is 7.65. The fraction of sp³-hybridized carbons (Fsp3) is 0.700. The second-order valence-electron chi connectivity index (χ2n) is 3.92. The highest BCUT2D eigenvalue weighted by molar-refractivity contribution is 5.75. The van der Waals surface area contributed by atoms with E-state index in [4.69, 9.17) is 21.1 Å². The van der Waals surface area contributed by atoms with Crippen molar-refractivity contribution in [3.8, 4) is 0 Å². The minimum Gasteiger partial charge on any atom is -0.481 e. The summed E-state index contributed by atoms with van der Waals surface area (Å²) in [7, 11) is 0. The molecule has 0 aliphatic carbocycles. The number of aliphatic hydroxyl groups excluding tert-OH is 1. The van der Waals surface area contributed by atoms with Crippen LogP contribution in [0.4, 0.5) is 0 Å². The summed E-state index contributed by atoms with van der Waals surface area (Å²) in [6.45, 7) is -1.18. The quantitative estimate of drug-likeness (QED) is 0.278. The molecule has 0 aromatic carbocycles. The lowest BCUT2D eigenvalue weighted by atomic mass is 9.91. The average Bonchev–Trinajstić information content (AvgIpc) is 2.32. The fourth-order valence-corrected chi connectivity index (χ4v) is 1.45. The molecule has 0 amide bonds. The van der Waals surface area contributed by atoms with Crippen molar-refractivity contribution in [3.63, 3.8) is 0 Å². The van der Waals surface area contributed by atoms with Gasteiger partial charge in [-0.15, -0.1) is 0 Å². The summed E-state index contributed by atoms with van der Waals surface area (Å²) in [6.07, 6.45) is -1.08. The average molecular weight is 278 g/mol. The molecule has 19 heavy (non-hydrogen) atoms. The maximum absolute atomic E-state index is 11.2. The summed E-state index contributed by atoms with van der Waals surface area (Å²) in [6, 6.07) is 0. The van der Waals surface area contributed by atoms with E-state index in [0.29, 0.717) is 0 Å². The van der Waals surface area contributed by atoms with Gasteiger partial charge in [0.2, 0.25) is 0 Å². The zero-order valence-corrected chi connectivity index (χ0v) is 10.3. The van der Waals surface area contributed by atoms with E-state index in [0.717, 1.165) is 0 Å². The molecule has 0 aliphatic rings. The van der Waals surface area contributed by atoms with Crippen LogP contribution in [0.5, 0.6) is 0 Å². The van der Waals surface area contributed by atoms with E-state index in [1.54, 1.807) is 0 Å². The summed E-state index contributed by atoms with van der Waals surface area (Å²) in [4.78, 5) is 32.7. The molecular formula is C10H18N2O7. The first-order valence-electron chi connectivity index (χ1n) is 5.50. The molecule has 0 spiro atoms. The molecule has 9 nitrogen and oxygen atoms in total. The molecular weight excluding hydrogens is 260 g/mol. The van der Waals surface area contributed by atoms with Crippen molar-refractivity contribution in [1.82, 2.24) is 5.32 Å². The molecule has 110 valence electrons. The number of hydrogen-bond acceptors (Lipinski definition) is 7. The summed E-state index contributed by atoms with van der Waals surface area (Å²) >= 11 is 0. The number of ether oxygens (including phenoxy) is 1. The Morgan fingerprint density at radius 1 is 1.16 bits per heavy atom. The van der Waals surface area contributed by atoms with Gasteiger partial charge in [-0.2, -0.15) is 0 Å². The third kappa shape index (κ3) is 7.34. The van der Waals surface area contributed by atoms with Gasteiger partial charge in [0.05, 0.1) is 31.5 Å². The van der Waals surface area contributed by atoms with Crippen LogP contribution < -0.4 is 11.1 Å². The van der Waals surface area contributed by atoms with Crippen LogP contribution in [0.3, 0.4) is 0 Å². The van der Waals surface area contributed by atoms with Gasteiger partial charge in [0.15, 0.2) is 0 Å². The SMILES string of the molecule is NCC(CC(=O)O)(CC(=O)O)NCC(=O)OCCO. The lowest BCUT2D eigenvalue weighted by Gasteiger charge is -2.30. The van der Waals surface area contributed by atoms with Gasteiger partial charge in [-0.3, -0.25) is 19.7 Å². The Labute approximate surface area is 109 Å². The minimum absolute atomic E-state index is 0.187. The van der Waals surface area contributed by atoms with Crippen LogP contribution in [0.1, 0.15) is 12.8 Å². The Morgan fingerprint density at radius 2 is 1.68 bits per heavy atom. The van der Waals surface area contributed by atoms with Crippen LogP contribution >= 0.6 is 0 Å². The third-order valence-corrected chi connectivity index (χ3v) is 2.33. The molecule has 0 rings (SSSR count). The lowest BCUT2D eigenvalue weighted by molar-refractivity contribution is -0.147. The number of hydrogen-bond donors (Lipinski definition) is 5. The molecule has 0 saturated carbocycles. The van der Waals surface area contributed by atoms with Crippen molar-refractivity contribution >= 4 is 17.9 Å². The molecule has 6 N–H and O–H groups in total. The highest BCUT2D eigenvalue weighted by Gasteiger charge is 2.34. The highest BCUT2D eigenvalue weighted by atomic mass is 16.5. The van der Waals surface area contributed by atoms with Crippen LogP contribution in [-0.4, -0.2) is 65.1 Å². The van der Waals surface area contributed by atoms with Crippen molar-refractivity contribution in [2.45, 2.75) is 18.4 Å². The van der Waals surface area contributed by atoms with E-state index in [1.807, 2.05) is 0 Å². The fourth-order valence-electron chi connectivity index (χ4n) is 1.45. The van der Waals surface area contributed by atoms with Crippen LogP contribution in [0.2, 0.25) is 0 Å². The van der Waals surface area contributed by atoms with E-state index in [2.05, 4.69) is 10.1 Å². The number of carboxylic acids is 2. The van der Waals surface area contributed by atoms with Crippen molar-refractivity contribution in [1.29, 1.82) is 0 Å². The number of nitrogens with two attached hydrogens (primary N) is 1. The number of carboxylic acid groups (broad SMARTS) is 2. The third-order valence-electron chi connectivity index (χ3n) is 2.33. The van der Waals surface area contributed by atoms with Gasteiger partial charge in [-0.25, -0.2) is 0 Å². The van der Waals surface area contributed by atoms with Gasteiger partial charge in [-0.05, 0) is 0 Å². The summed E-state index contributed by atoms with van der Waals surface area (Å²) in [5.41, 5.74) is 3.99. The highest BCUT2D eigenvalue weighted by Crippen LogP contribution is 2.14. The van der Waals surface area contributed by atoms with Crippen molar-refractivity contribution < 1.29 is 34.4 Å². The predicted molar refractivity (Wildman–Crippen MR) is 62.3 cm³/mol. The van der Waals surface area contributed by atoms with Crippen molar-refractivity contribution in [2.75, 3.05) is 26.3 Å². The normalized spacial score (nSPS) is 11.1. The lowest BCUT2D eigenvalue weighted by Crippen LogP contribution is -2.55. The van der Waals surface area contributed by atoms with Crippen molar-refractivity contribution in [3.05, 3.63) is 0 Å². The topological polar surface area (TPSA) is 159 Å². The van der Waals surface area contributed by atoms with Crippen LogP contribution in [-0.2, 0) is 19.1 Å². The predicted octanol–water partition coefficient (Wildman–Crippen LogP) is -2.24. The summed E-state index contributed by atoms with van der Waals surface area (Å²) in [5.74, 6) is -3.20. The first-order valence-corrected chi connectivity index (χ1v) is 5.50. The molecule has 0 atom stereocenters. The second-order valence-corrected chi connectivity index (χ2v) is 3.92. The van der Waals surface area contributed by atoms with Gasteiger partial charge in [-0.1, -0.05) is 0 Å². The first kappa shape index (κ1) is 17.3. The monoisotopic (exact) mass is 278 g/mol. The maximum atomic E-state index is 11.2. The Hall–Kier alpha value is -1.71. The van der Waals surface area contributed by atoms with Gasteiger partial charge < -0.3 is 25.8 Å². The molecule has 9 heteroatoms. The van der Waals surface area contributed by atoms with E-state index in [-0.39, 0.29) is 19.8 Å². The Balaban J connectivity index is 4.60. The molecule has 0 aliphatic heterocycles. The van der Waals surface area contributed by atoms with Crippen LogP contribution in [0.15, 0.2) is 0 Å². The number of aliphatic carboxylic acids is 2. The number of aliphatic hydroxyl groups is 1. The van der Waals surface area contributed by atoms with Gasteiger partial charge in [0.25, 0.3) is 0 Å². The van der Waals surface area contributed by atoms with E-state index in [1.165, 1.54) is 0 Å².